The lowest BCUT2D eigenvalue weighted by Crippen LogP contribution is -2.24. The maximum atomic E-state index is 13.8. The molecule has 0 spiro atoms. The van der Waals surface area contributed by atoms with E-state index in [1.54, 1.807) is 0 Å². The van der Waals surface area contributed by atoms with Crippen LogP contribution in [0.5, 0.6) is 0 Å². The first kappa shape index (κ1) is 21.3. The molecule has 1 aromatic heterocycles. The zero-order chi connectivity index (χ0) is 19.6. The molecule has 1 N–H and O–H groups in total. The van der Waals surface area contributed by atoms with Crippen molar-refractivity contribution in [2.75, 3.05) is 6.61 Å². The van der Waals surface area contributed by atoms with Crippen LogP contribution in [0.4, 0.5) is 8.78 Å². The Bertz CT molecular complexity index is 915. The van der Waals surface area contributed by atoms with E-state index in [0.29, 0.717) is 11.8 Å². The number of hydrogen-bond acceptors (Lipinski definition) is 4. The van der Waals surface area contributed by atoms with Crippen LogP contribution in [0.2, 0.25) is 10.0 Å². The molecule has 0 aliphatic heterocycles. The number of carbonyl (C=O) groups is 1. The van der Waals surface area contributed by atoms with Gasteiger partial charge in [-0.25, -0.2) is 13.6 Å². The molecule has 0 aliphatic rings. The molecule has 140 valence electrons. The average Bonchev–Trinajstić information content (AvgIpc) is 2.54. The van der Waals surface area contributed by atoms with Crippen molar-refractivity contribution >= 4 is 64.1 Å². The zero-order valence-corrected chi connectivity index (χ0v) is 16.7. The Hall–Kier alpha value is -0.990. The smallest absolute Gasteiger partial charge is 0.344 e. The molecule has 0 bridgehead atoms. The fraction of sp³-hybridized carbons (Fsp3) is 0.200. The Morgan fingerprint density at radius 2 is 2.00 bits per heavy atom. The highest BCUT2D eigenvalue weighted by Gasteiger charge is 2.30. The van der Waals surface area contributed by atoms with E-state index in [2.05, 4.69) is 4.98 Å². The van der Waals surface area contributed by atoms with Crippen molar-refractivity contribution < 1.29 is 18.3 Å². The molecular formula is C15H9Cl4F2NO3S. The van der Waals surface area contributed by atoms with Crippen LogP contribution in [-0.4, -0.2) is 17.6 Å². The SMILES string of the molecule is CCOC(=O)c1c(Sc2c(Cl)ccc(F)c2Cl)cc(C(F)(Cl)Cl)[nH]c1=O. The van der Waals surface area contributed by atoms with E-state index in [-0.39, 0.29) is 26.4 Å². The molecule has 0 amide bonds. The van der Waals surface area contributed by atoms with Gasteiger partial charge in [-0.3, -0.25) is 4.79 Å². The number of pyridine rings is 1. The maximum Gasteiger partial charge on any atom is 0.344 e. The summed E-state index contributed by atoms with van der Waals surface area (Å²) < 4.78 is 29.5. The van der Waals surface area contributed by atoms with E-state index in [9.17, 15) is 18.4 Å². The monoisotopic (exact) mass is 461 g/mol. The summed E-state index contributed by atoms with van der Waals surface area (Å²) in [6.45, 7) is 1.53. The van der Waals surface area contributed by atoms with Crippen LogP contribution in [0, 0.1) is 5.82 Å². The second-order valence-electron chi connectivity index (χ2n) is 4.74. The normalized spacial score (nSPS) is 11.5. The molecule has 0 saturated carbocycles. The van der Waals surface area contributed by atoms with Gasteiger partial charge in [0.05, 0.1) is 27.2 Å². The first-order valence-corrected chi connectivity index (χ1v) is 9.22. The molecule has 0 unspecified atom stereocenters. The van der Waals surface area contributed by atoms with Crippen molar-refractivity contribution in [3.05, 3.63) is 55.7 Å². The Morgan fingerprint density at radius 1 is 1.35 bits per heavy atom. The fourth-order valence-electron chi connectivity index (χ4n) is 1.88. The van der Waals surface area contributed by atoms with Crippen LogP contribution in [0.15, 0.2) is 32.8 Å². The van der Waals surface area contributed by atoms with Gasteiger partial charge in [0.2, 0.25) is 0 Å². The Labute approximate surface area is 170 Å². The predicted octanol–water partition coefficient (Wildman–Crippen LogP) is 5.71. The lowest BCUT2D eigenvalue weighted by atomic mass is 10.2. The fourth-order valence-corrected chi connectivity index (χ4v) is 3.71. The van der Waals surface area contributed by atoms with Crippen molar-refractivity contribution in [2.24, 2.45) is 0 Å². The minimum absolute atomic E-state index is 0.0102. The van der Waals surface area contributed by atoms with Gasteiger partial charge >= 0.3 is 5.97 Å². The molecule has 1 aromatic carbocycles. The van der Waals surface area contributed by atoms with Crippen molar-refractivity contribution in [1.82, 2.24) is 4.98 Å². The van der Waals surface area contributed by atoms with Gasteiger partial charge < -0.3 is 9.72 Å². The van der Waals surface area contributed by atoms with Crippen molar-refractivity contribution in [2.45, 2.75) is 21.3 Å². The quantitative estimate of drug-likeness (QED) is 0.351. The number of rotatable bonds is 5. The van der Waals surface area contributed by atoms with Crippen LogP contribution in [-0.2, 0) is 9.32 Å². The molecule has 4 nitrogen and oxygen atoms in total. The van der Waals surface area contributed by atoms with Gasteiger partial charge in [0.15, 0.2) is 0 Å². The van der Waals surface area contributed by atoms with E-state index >= 15 is 0 Å². The minimum atomic E-state index is -2.93. The van der Waals surface area contributed by atoms with Crippen molar-refractivity contribution in [1.29, 1.82) is 0 Å². The van der Waals surface area contributed by atoms with E-state index in [4.69, 9.17) is 51.1 Å². The lowest BCUT2D eigenvalue weighted by Gasteiger charge is -2.15. The van der Waals surface area contributed by atoms with Crippen LogP contribution < -0.4 is 5.56 Å². The van der Waals surface area contributed by atoms with Crippen molar-refractivity contribution in [3.63, 3.8) is 0 Å². The molecule has 0 saturated heterocycles. The highest BCUT2D eigenvalue weighted by molar-refractivity contribution is 7.99. The second kappa shape index (κ2) is 8.35. The first-order chi connectivity index (χ1) is 12.1. The maximum absolute atomic E-state index is 13.8. The van der Waals surface area contributed by atoms with Gasteiger partial charge in [-0.05, 0) is 25.1 Å². The van der Waals surface area contributed by atoms with E-state index in [1.807, 2.05) is 0 Å². The number of aromatic amines is 1. The predicted molar refractivity (Wildman–Crippen MR) is 98.1 cm³/mol. The third-order valence-electron chi connectivity index (χ3n) is 3.00. The largest absolute Gasteiger partial charge is 0.462 e. The molecule has 0 fully saturated rings. The summed E-state index contributed by atoms with van der Waals surface area (Å²) in [7, 11) is 0. The number of benzene rings is 1. The Morgan fingerprint density at radius 3 is 2.58 bits per heavy atom. The van der Waals surface area contributed by atoms with Crippen LogP contribution in [0.1, 0.15) is 23.0 Å². The van der Waals surface area contributed by atoms with Gasteiger partial charge in [0.1, 0.15) is 11.4 Å². The van der Waals surface area contributed by atoms with E-state index < -0.39 is 33.2 Å². The third-order valence-corrected chi connectivity index (χ3v) is 5.48. The molecule has 2 aromatic rings. The Kier molecular flexibility index (Phi) is 6.85. The minimum Gasteiger partial charge on any atom is -0.462 e. The Balaban J connectivity index is 2.69. The summed E-state index contributed by atoms with van der Waals surface area (Å²) >= 11 is 23.3. The van der Waals surface area contributed by atoms with Gasteiger partial charge in [-0.15, -0.1) is 0 Å². The first-order valence-electron chi connectivity index (χ1n) is 6.89. The molecular weight excluding hydrogens is 454 g/mol. The van der Waals surface area contributed by atoms with Crippen LogP contribution in [0.25, 0.3) is 0 Å². The summed E-state index contributed by atoms with van der Waals surface area (Å²) in [5, 5.41) is -0.274. The topological polar surface area (TPSA) is 59.2 Å². The number of esters is 1. The summed E-state index contributed by atoms with van der Waals surface area (Å²) in [5.41, 5.74) is -1.96. The van der Waals surface area contributed by atoms with Crippen molar-refractivity contribution in [3.8, 4) is 0 Å². The van der Waals surface area contributed by atoms with Gasteiger partial charge in [-0.1, -0.05) is 58.2 Å². The molecule has 26 heavy (non-hydrogen) atoms. The number of carbonyl (C=O) groups excluding carboxylic acids is 1. The van der Waals surface area contributed by atoms with Crippen LogP contribution >= 0.6 is 58.2 Å². The number of halogens is 6. The summed E-state index contributed by atoms with van der Waals surface area (Å²) in [4.78, 5) is 26.4. The number of alkyl halides is 3. The summed E-state index contributed by atoms with van der Waals surface area (Å²) in [5.74, 6) is -1.74. The van der Waals surface area contributed by atoms with E-state index in [0.717, 1.165) is 12.1 Å². The second-order valence-corrected chi connectivity index (χ2v) is 7.82. The average molecular weight is 463 g/mol. The molecule has 0 atom stereocenters. The number of nitrogens with one attached hydrogen (secondary N) is 1. The summed E-state index contributed by atoms with van der Waals surface area (Å²) in [6, 6.07) is 3.32. The highest BCUT2D eigenvalue weighted by Crippen LogP contribution is 2.42. The molecule has 2 rings (SSSR count). The number of H-pyrrole nitrogens is 1. The number of ether oxygens (including phenoxy) is 1. The standard InChI is InChI=1S/C15H9Cl4F2NO3S/c1-2-25-14(24)10-8(5-9(15(18,19)21)22-13(10)23)26-12-6(16)3-4-7(20)11(12)17/h3-5H,2H2,1H3,(H,22,23). The van der Waals surface area contributed by atoms with E-state index in [1.165, 1.54) is 13.0 Å². The zero-order valence-electron chi connectivity index (χ0n) is 12.8. The van der Waals surface area contributed by atoms with Gasteiger partial charge in [0.25, 0.3) is 10.1 Å². The van der Waals surface area contributed by atoms with Crippen LogP contribution in [0.3, 0.4) is 0 Å². The lowest BCUT2D eigenvalue weighted by molar-refractivity contribution is 0.0520. The molecule has 11 heteroatoms. The molecule has 0 radical (unpaired) electrons. The molecule has 0 aliphatic carbocycles. The third kappa shape index (κ3) is 4.64. The number of hydrogen-bond donors (Lipinski definition) is 1. The summed E-state index contributed by atoms with van der Waals surface area (Å²) in [6.07, 6.45) is 0. The molecule has 1 heterocycles. The number of aromatic nitrogens is 1. The van der Waals surface area contributed by atoms with Gasteiger partial charge in [-0.2, -0.15) is 0 Å². The van der Waals surface area contributed by atoms with Gasteiger partial charge in [0, 0.05) is 4.90 Å². The highest BCUT2D eigenvalue weighted by atomic mass is 35.5.